The first-order chi connectivity index (χ1) is 13.8. The average Bonchev–Trinajstić information content (AvgIpc) is 2.60. The van der Waals surface area contributed by atoms with E-state index >= 15 is 0 Å². The number of aliphatic carboxylic acids is 2. The molecule has 0 spiro atoms. The molecule has 1 rings (SSSR count). The number of hydrogen-bond acceptors (Lipinski definition) is 7. The SMILES string of the molecule is Nc1cc(CCNC(=O)OCCC(=O)O)cc(CCNC(=O)OCCC(=O)O)c1. The molecule has 0 fully saturated rings. The van der Waals surface area contributed by atoms with Gasteiger partial charge in [0, 0.05) is 18.8 Å². The van der Waals surface area contributed by atoms with Gasteiger partial charge >= 0.3 is 24.1 Å². The topological polar surface area (TPSA) is 177 Å². The monoisotopic (exact) mass is 411 g/mol. The van der Waals surface area contributed by atoms with Crippen molar-refractivity contribution in [2.24, 2.45) is 0 Å². The highest BCUT2D eigenvalue weighted by atomic mass is 16.6. The Balaban J connectivity index is 2.34. The Morgan fingerprint density at radius 3 is 1.59 bits per heavy atom. The molecule has 0 unspecified atom stereocenters. The molecule has 29 heavy (non-hydrogen) atoms. The van der Waals surface area contributed by atoms with Gasteiger partial charge in [-0.15, -0.1) is 0 Å². The van der Waals surface area contributed by atoms with Crippen LogP contribution in [0.1, 0.15) is 24.0 Å². The van der Waals surface area contributed by atoms with Gasteiger partial charge in [0.05, 0.1) is 12.8 Å². The van der Waals surface area contributed by atoms with Gasteiger partial charge in [0.2, 0.25) is 0 Å². The summed E-state index contributed by atoms with van der Waals surface area (Å²) in [5, 5.41) is 22.0. The summed E-state index contributed by atoms with van der Waals surface area (Å²) in [6.45, 7) is 0.163. The fourth-order valence-electron chi connectivity index (χ4n) is 2.26. The number of benzene rings is 1. The Bertz CT molecular complexity index is 667. The van der Waals surface area contributed by atoms with E-state index < -0.39 is 24.1 Å². The van der Waals surface area contributed by atoms with Crippen molar-refractivity contribution in [2.45, 2.75) is 25.7 Å². The molecule has 11 heteroatoms. The van der Waals surface area contributed by atoms with Crippen molar-refractivity contribution >= 4 is 29.8 Å². The van der Waals surface area contributed by atoms with E-state index in [0.29, 0.717) is 18.5 Å². The van der Waals surface area contributed by atoms with Crippen molar-refractivity contribution in [2.75, 3.05) is 32.0 Å². The van der Waals surface area contributed by atoms with Gasteiger partial charge in [-0.1, -0.05) is 6.07 Å². The number of carbonyl (C=O) groups excluding carboxylic acids is 2. The Hall–Kier alpha value is -3.50. The molecule has 1 aromatic rings. The van der Waals surface area contributed by atoms with Gasteiger partial charge in [-0.2, -0.15) is 0 Å². The third-order valence-corrected chi connectivity index (χ3v) is 3.54. The molecule has 0 radical (unpaired) electrons. The summed E-state index contributed by atoms with van der Waals surface area (Å²) in [5.41, 5.74) is 8.15. The van der Waals surface area contributed by atoms with Crippen molar-refractivity contribution in [1.29, 1.82) is 0 Å². The molecule has 1 aromatic carbocycles. The second-order valence-corrected chi connectivity index (χ2v) is 6.00. The maximum atomic E-state index is 11.4. The lowest BCUT2D eigenvalue weighted by molar-refractivity contribution is -0.138. The van der Waals surface area contributed by atoms with Gasteiger partial charge < -0.3 is 36.1 Å². The maximum absolute atomic E-state index is 11.4. The van der Waals surface area contributed by atoms with Crippen LogP contribution in [-0.4, -0.2) is 60.6 Å². The summed E-state index contributed by atoms with van der Waals surface area (Å²) < 4.78 is 9.43. The van der Waals surface area contributed by atoms with E-state index in [-0.39, 0.29) is 39.1 Å². The Kier molecular flexibility index (Phi) is 10.4. The molecule has 0 aliphatic rings. The number of nitrogens with one attached hydrogen (secondary N) is 2. The van der Waals surface area contributed by atoms with Crippen molar-refractivity contribution < 1.29 is 38.9 Å². The van der Waals surface area contributed by atoms with E-state index in [1.807, 2.05) is 6.07 Å². The normalized spacial score (nSPS) is 10.1. The lowest BCUT2D eigenvalue weighted by Gasteiger charge is -2.10. The summed E-state index contributed by atoms with van der Waals surface area (Å²) in [4.78, 5) is 43.6. The van der Waals surface area contributed by atoms with Gasteiger partial charge in [-0.05, 0) is 36.1 Å². The number of ether oxygens (including phenoxy) is 2. The predicted molar refractivity (Wildman–Crippen MR) is 101 cm³/mol. The third-order valence-electron chi connectivity index (χ3n) is 3.54. The molecule has 0 aliphatic carbocycles. The number of amides is 2. The first-order valence-corrected chi connectivity index (χ1v) is 8.89. The van der Waals surface area contributed by atoms with Crippen LogP contribution in [0, 0.1) is 0 Å². The number of nitrogen functional groups attached to an aromatic ring is 1. The summed E-state index contributed by atoms with van der Waals surface area (Å²) in [6.07, 6.45) is -0.935. The van der Waals surface area contributed by atoms with Crippen molar-refractivity contribution in [3.8, 4) is 0 Å². The Morgan fingerprint density at radius 2 is 1.21 bits per heavy atom. The zero-order chi connectivity index (χ0) is 21.6. The van der Waals surface area contributed by atoms with Crippen LogP contribution in [0.5, 0.6) is 0 Å². The fourth-order valence-corrected chi connectivity index (χ4v) is 2.26. The van der Waals surface area contributed by atoms with Crippen molar-refractivity contribution in [3.63, 3.8) is 0 Å². The number of hydrogen-bond donors (Lipinski definition) is 5. The van der Waals surface area contributed by atoms with Crippen LogP contribution < -0.4 is 16.4 Å². The Labute approximate surface area is 167 Å². The van der Waals surface area contributed by atoms with Gasteiger partial charge in [0.25, 0.3) is 0 Å². The van der Waals surface area contributed by atoms with E-state index in [9.17, 15) is 19.2 Å². The predicted octanol–water partition coefficient (Wildman–Crippen LogP) is 0.756. The maximum Gasteiger partial charge on any atom is 0.407 e. The van der Waals surface area contributed by atoms with Gasteiger partial charge in [0.1, 0.15) is 13.2 Å². The summed E-state index contributed by atoms with van der Waals surface area (Å²) in [5.74, 6) is -2.10. The van der Waals surface area contributed by atoms with Gasteiger partial charge in [-0.3, -0.25) is 9.59 Å². The van der Waals surface area contributed by atoms with Crippen LogP contribution in [-0.2, 0) is 31.9 Å². The van der Waals surface area contributed by atoms with Gasteiger partial charge in [0.15, 0.2) is 0 Å². The smallest absolute Gasteiger partial charge is 0.407 e. The lowest BCUT2D eigenvalue weighted by Crippen LogP contribution is -2.27. The molecule has 0 bridgehead atoms. The minimum absolute atomic E-state index is 0.199. The van der Waals surface area contributed by atoms with Crippen molar-refractivity contribution in [3.05, 3.63) is 29.3 Å². The molecule has 0 heterocycles. The second kappa shape index (κ2) is 12.8. The molecule has 160 valence electrons. The summed E-state index contributed by atoms with van der Waals surface area (Å²) in [7, 11) is 0. The number of alkyl carbamates (subject to hydrolysis) is 2. The van der Waals surface area contributed by atoms with E-state index in [1.54, 1.807) is 12.1 Å². The van der Waals surface area contributed by atoms with E-state index in [2.05, 4.69) is 10.6 Å². The average molecular weight is 411 g/mol. The first-order valence-electron chi connectivity index (χ1n) is 8.89. The zero-order valence-corrected chi connectivity index (χ0v) is 15.8. The molecule has 2 amide bonds. The highest BCUT2D eigenvalue weighted by Gasteiger charge is 2.06. The third kappa shape index (κ3) is 11.7. The van der Waals surface area contributed by atoms with E-state index in [0.717, 1.165) is 11.1 Å². The number of rotatable bonds is 12. The standard InChI is InChI=1S/C18H25N3O8/c19-14-10-12(1-5-20-17(26)28-7-3-15(22)23)9-13(11-14)2-6-21-18(27)29-8-4-16(24)25/h9-11H,1-8,19H2,(H,20,26)(H,21,27)(H,22,23)(H,24,25). The van der Waals surface area contributed by atoms with Crippen LogP contribution in [0.25, 0.3) is 0 Å². The minimum atomic E-state index is -1.05. The van der Waals surface area contributed by atoms with Crippen LogP contribution in [0.15, 0.2) is 18.2 Å². The quantitative estimate of drug-likeness (QED) is 0.310. The molecule has 0 aromatic heterocycles. The fraction of sp³-hybridized carbons (Fsp3) is 0.444. The molecule has 0 saturated carbocycles. The van der Waals surface area contributed by atoms with E-state index in [1.165, 1.54) is 0 Å². The largest absolute Gasteiger partial charge is 0.481 e. The van der Waals surface area contributed by atoms with Crippen molar-refractivity contribution in [1.82, 2.24) is 10.6 Å². The minimum Gasteiger partial charge on any atom is -0.481 e. The number of carboxylic acids is 2. The Morgan fingerprint density at radius 1 is 0.793 bits per heavy atom. The summed E-state index contributed by atoms with van der Waals surface area (Å²) in [6, 6.07) is 5.40. The molecule has 0 saturated heterocycles. The van der Waals surface area contributed by atoms with Crippen LogP contribution in [0.2, 0.25) is 0 Å². The molecule has 11 nitrogen and oxygen atoms in total. The first kappa shape index (κ1) is 23.5. The van der Waals surface area contributed by atoms with Crippen LogP contribution in [0.4, 0.5) is 15.3 Å². The molecule has 0 atom stereocenters. The number of carboxylic acid groups (broad SMARTS) is 2. The number of carbonyl (C=O) groups is 4. The zero-order valence-electron chi connectivity index (χ0n) is 15.8. The summed E-state index contributed by atoms with van der Waals surface area (Å²) >= 11 is 0. The highest BCUT2D eigenvalue weighted by Crippen LogP contribution is 2.13. The molecular formula is C18H25N3O8. The number of nitrogens with two attached hydrogens (primary N) is 1. The van der Waals surface area contributed by atoms with Gasteiger partial charge in [-0.25, -0.2) is 9.59 Å². The van der Waals surface area contributed by atoms with Crippen LogP contribution >= 0.6 is 0 Å². The molecule has 6 N–H and O–H groups in total. The second-order valence-electron chi connectivity index (χ2n) is 6.00. The molecule has 0 aliphatic heterocycles. The lowest BCUT2D eigenvalue weighted by atomic mass is 10.0. The van der Waals surface area contributed by atoms with Crippen LogP contribution in [0.3, 0.4) is 0 Å². The highest BCUT2D eigenvalue weighted by molar-refractivity contribution is 5.70. The number of anilines is 1. The molecular weight excluding hydrogens is 386 g/mol. The van der Waals surface area contributed by atoms with E-state index in [4.69, 9.17) is 25.4 Å².